The number of rotatable bonds is 7. The molecule has 0 aromatic heterocycles. The lowest BCUT2D eigenvalue weighted by molar-refractivity contribution is -0.343. The summed E-state index contributed by atoms with van der Waals surface area (Å²) in [5.41, 5.74) is -3.75. The van der Waals surface area contributed by atoms with Gasteiger partial charge < -0.3 is 20.4 Å². The van der Waals surface area contributed by atoms with Crippen molar-refractivity contribution in [2.45, 2.75) is 127 Å². The van der Waals surface area contributed by atoms with Crippen molar-refractivity contribution in [2.24, 2.45) is 23.2 Å². The molecular formula is C32H44F6O4. The lowest BCUT2D eigenvalue weighted by Crippen LogP contribution is -2.55. The van der Waals surface area contributed by atoms with Crippen LogP contribution in [0.15, 0.2) is 35.5 Å². The lowest BCUT2D eigenvalue weighted by atomic mass is 9.60. The Hall–Kier alpha value is -1.80. The summed E-state index contributed by atoms with van der Waals surface area (Å²) in [6, 6.07) is 0. The number of alkyl halides is 6. The molecule has 238 valence electrons. The molecule has 3 aliphatic rings. The molecule has 0 saturated heterocycles. The SMILES string of the molecule is C=C1/C(=C\C=C2/CCC[C@@]3(C)C2CCC3[C@@H](CC#CC(O)(C(F)(F)F)C(F)(F)F)CCCC(C)(C)O)C[C@@H](O)C[C@@H]1O. The van der Waals surface area contributed by atoms with E-state index in [4.69, 9.17) is 0 Å². The van der Waals surface area contributed by atoms with Crippen LogP contribution in [0.5, 0.6) is 0 Å². The van der Waals surface area contributed by atoms with Crippen LogP contribution in [0, 0.1) is 35.0 Å². The maximum atomic E-state index is 13.2. The molecule has 2 unspecified atom stereocenters. The first-order chi connectivity index (χ1) is 19.2. The van der Waals surface area contributed by atoms with Gasteiger partial charge in [0.05, 0.1) is 17.8 Å². The number of hydrogen-bond donors (Lipinski definition) is 4. The summed E-state index contributed by atoms with van der Waals surface area (Å²) in [7, 11) is 0. The van der Waals surface area contributed by atoms with Crippen LogP contribution in [0.3, 0.4) is 0 Å². The summed E-state index contributed by atoms with van der Waals surface area (Å²) in [5, 5.41) is 40.0. The van der Waals surface area contributed by atoms with E-state index in [0.717, 1.165) is 43.6 Å². The van der Waals surface area contributed by atoms with Crippen LogP contribution in [-0.4, -0.2) is 56.2 Å². The van der Waals surface area contributed by atoms with Crippen molar-refractivity contribution >= 4 is 0 Å². The van der Waals surface area contributed by atoms with E-state index in [-0.39, 0.29) is 36.0 Å². The molecule has 10 heteroatoms. The van der Waals surface area contributed by atoms with Crippen LogP contribution in [0.4, 0.5) is 26.3 Å². The number of aliphatic hydroxyl groups excluding tert-OH is 2. The van der Waals surface area contributed by atoms with E-state index in [0.29, 0.717) is 31.3 Å². The second-order valence-corrected chi connectivity index (χ2v) is 13.3. The quantitative estimate of drug-likeness (QED) is 0.187. The fraction of sp³-hybridized carbons (Fsp3) is 0.750. The molecule has 3 rings (SSSR count). The zero-order chi connectivity index (χ0) is 31.7. The van der Waals surface area contributed by atoms with Gasteiger partial charge in [0.2, 0.25) is 0 Å². The average molecular weight is 607 g/mol. The summed E-state index contributed by atoms with van der Waals surface area (Å²) in [5.74, 6) is 3.04. The van der Waals surface area contributed by atoms with E-state index < -0.39 is 35.8 Å². The van der Waals surface area contributed by atoms with Gasteiger partial charge >= 0.3 is 18.0 Å². The standard InChI is InChI=1S/C32H44F6O4/c1-20-23(18-24(39)19-27(20)40)12-11-22-9-6-16-29(4)25(13-14-26(22)29)21(8-5-15-28(2,3)41)10-7-17-30(42,31(33,34)35)32(36,37)38/h11-12,21,24-27,39-42H,1,5-6,8-10,13-16,18-19H2,2-4H3/b22-11+,23-12-/t21-,24-,25?,26?,27+,29-/m1/s1. The maximum Gasteiger partial charge on any atom is 0.438 e. The highest BCUT2D eigenvalue weighted by molar-refractivity contribution is 5.38. The molecular weight excluding hydrogens is 562 g/mol. The third-order valence-corrected chi connectivity index (χ3v) is 9.69. The Morgan fingerprint density at radius 3 is 2.29 bits per heavy atom. The third-order valence-electron chi connectivity index (χ3n) is 9.69. The Morgan fingerprint density at radius 2 is 1.69 bits per heavy atom. The van der Waals surface area contributed by atoms with Crippen LogP contribution in [0.25, 0.3) is 0 Å². The fourth-order valence-corrected chi connectivity index (χ4v) is 7.37. The van der Waals surface area contributed by atoms with Crippen LogP contribution >= 0.6 is 0 Å². The van der Waals surface area contributed by atoms with Crippen molar-refractivity contribution in [3.8, 4) is 11.8 Å². The van der Waals surface area contributed by atoms with Crippen molar-refractivity contribution in [1.82, 2.24) is 0 Å². The monoisotopic (exact) mass is 606 g/mol. The molecule has 4 nitrogen and oxygen atoms in total. The van der Waals surface area contributed by atoms with Crippen molar-refractivity contribution in [3.63, 3.8) is 0 Å². The van der Waals surface area contributed by atoms with E-state index in [1.807, 2.05) is 12.2 Å². The van der Waals surface area contributed by atoms with Crippen molar-refractivity contribution in [2.75, 3.05) is 0 Å². The molecule has 0 aliphatic heterocycles. The van der Waals surface area contributed by atoms with Gasteiger partial charge in [0, 0.05) is 12.8 Å². The molecule has 0 heterocycles. The summed E-state index contributed by atoms with van der Waals surface area (Å²) < 4.78 is 79.3. The van der Waals surface area contributed by atoms with E-state index in [9.17, 15) is 46.8 Å². The topological polar surface area (TPSA) is 80.9 Å². The first-order valence-electron chi connectivity index (χ1n) is 14.7. The average Bonchev–Trinajstić information content (AvgIpc) is 3.19. The lowest BCUT2D eigenvalue weighted by Gasteiger charge is -2.45. The minimum Gasteiger partial charge on any atom is -0.393 e. The van der Waals surface area contributed by atoms with E-state index in [2.05, 4.69) is 19.4 Å². The van der Waals surface area contributed by atoms with Crippen molar-refractivity contribution < 1.29 is 46.8 Å². The Labute approximate surface area is 244 Å². The summed E-state index contributed by atoms with van der Waals surface area (Å²) in [6.07, 6.45) is -3.56. The number of aliphatic hydroxyl groups is 4. The number of halogens is 6. The molecule has 4 N–H and O–H groups in total. The second-order valence-electron chi connectivity index (χ2n) is 13.3. The Bertz CT molecular complexity index is 1090. The largest absolute Gasteiger partial charge is 0.438 e. The van der Waals surface area contributed by atoms with Gasteiger partial charge in [0.1, 0.15) is 0 Å². The van der Waals surface area contributed by atoms with E-state index in [1.54, 1.807) is 13.8 Å². The van der Waals surface area contributed by atoms with Crippen molar-refractivity contribution in [1.29, 1.82) is 0 Å². The van der Waals surface area contributed by atoms with Crippen molar-refractivity contribution in [3.05, 3.63) is 35.5 Å². The van der Waals surface area contributed by atoms with Gasteiger partial charge in [0.25, 0.3) is 0 Å². The van der Waals surface area contributed by atoms with E-state index in [1.165, 1.54) is 5.57 Å². The molecule has 42 heavy (non-hydrogen) atoms. The highest BCUT2D eigenvalue weighted by atomic mass is 19.4. The predicted molar refractivity (Wildman–Crippen MR) is 148 cm³/mol. The Balaban J connectivity index is 1.89. The molecule has 3 aliphatic carbocycles. The molecule has 0 spiro atoms. The normalized spacial score (nSPS) is 32.1. The fourth-order valence-electron chi connectivity index (χ4n) is 7.37. The highest BCUT2D eigenvalue weighted by Crippen LogP contribution is 2.60. The third kappa shape index (κ3) is 7.64. The second kappa shape index (κ2) is 12.7. The molecule has 3 saturated carbocycles. The molecule has 0 bridgehead atoms. The van der Waals surface area contributed by atoms with Gasteiger partial charge in [-0.25, -0.2) is 0 Å². The van der Waals surface area contributed by atoms with Gasteiger partial charge in [-0.15, -0.1) is 0 Å². The van der Waals surface area contributed by atoms with Crippen LogP contribution < -0.4 is 0 Å². The zero-order valence-corrected chi connectivity index (χ0v) is 24.6. The summed E-state index contributed by atoms with van der Waals surface area (Å²) in [6.45, 7) is 9.40. The Morgan fingerprint density at radius 1 is 1.05 bits per heavy atom. The van der Waals surface area contributed by atoms with Gasteiger partial charge in [-0.05, 0) is 105 Å². The highest BCUT2D eigenvalue weighted by Gasteiger charge is 2.70. The smallest absolute Gasteiger partial charge is 0.393 e. The first kappa shape index (κ1) is 34.7. The molecule has 0 aromatic carbocycles. The minimum absolute atomic E-state index is 0.0203. The van der Waals surface area contributed by atoms with Gasteiger partial charge in [0.15, 0.2) is 0 Å². The van der Waals surface area contributed by atoms with Crippen LogP contribution in [-0.2, 0) is 0 Å². The van der Waals surface area contributed by atoms with Crippen LogP contribution in [0.1, 0.15) is 91.4 Å². The zero-order valence-electron chi connectivity index (χ0n) is 24.6. The molecule has 0 amide bonds. The van der Waals surface area contributed by atoms with Gasteiger partial charge in [-0.1, -0.05) is 43.6 Å². The number of hydrogen-bond acceptors (Lipinski definition) is 4. The van der Waals surface area contributed by atoms with Crippen LogP contribution in [0.2, 0.25) is 0 Å². The van der Waals surface area contributed by atoms with Gasteiger partial charge in [-0.3, -0.25) is 0 Å². The Kier molecular flexibility index (Phi) is 10.5. The van der Waals surface area contributed by atoms with Gasteiger partial charge in [-0.2, -0.15) is 26.3 Å². The number of allylic oxidation sites excluding steroid dienone is 3. The molecule has 0 aromatic rings. The predicted octanol–water partition coefficient (Wildman–Crippen LogP) is 6.93. The molecule has 6 atom stereocenters. The summed E-state index contributed by atoms with van der Waals surface area (Å²) in [4.78, 5) is 0. The maximum absolute atomic E-state index is 13.2. The number of fused-ring (bicyclic) bond motifs is 1. The first-order valence-corrected chi connectivity index (χ1v) is 14.7. The summed E-state index contributed by atoms with van der Waals surface area (Å²) >= 11 is 0. The molecule has 0 radical (unpaired) electrons. The van der Waals surface area contributed by atoms with E-state index >= 15 is 0 Å². The minimum atomic E-state index is -5.99. The molecule has 3 fully saturated rings.